The first-order chi connectivity index (χ1) is 12.7. The predicted octanol–water partition coefficient (Wildman–Crippen LogP) is 3.75. The average molecular weight is 375 g/mol. The number of piperidine rings is 1. The third-order valence-electron chi connectivity index (χ3n) is 4.55. The molecule has 1 aromatic carbocycles. The molecule has 3 rings (SSSR count). The van der Waals surface area contributed by atoms with Crippen LogP contribution in [0.2, 0.25) is 5.02 Å². The molecule has 1 fully saturated rings. The van der Waals surface area contributed by atoms with E-state index in [-0.39, 0.29) is 12.0 Å². The predicted molar refractivity (Wildman–Crippen MR) is 101 cm³/mol. The molecule has 1 atom stereocenters. The van der Waals surface area contributed by atoms with Crippen LogP contribution in [-0.4, -0.2) is 42.1 Å². The Labute approximate surface area is 158 Å². The minimum atomic E-state index is -0.0337. The Morgan fingerprint density at radius 1 is 1.31 bits per heavy atom. The Hall–Kier alpha value is -2.27. The summed E-state index contributed by atoms with van der Waals surface area (Å²) >= 11 is 6.10. The number of amides is 1. The molecule has 0 saturated carbocycles. The Bertz CT molecular complexity index is 736. The van der Waals surface area contributed by atoms with Crippen LogP contribution in [0.25, 0.3) is 0 Å². The van der Waals surface area contributed by atoms with E-state index in [0.29, 0.717) is 23.7 Å². The largest absolute Gasteiger partial charge is 0.497 e. The molecule has 0 N–H and O–H groups in total. The Balaban J connectivity index is 1.51. The van der Waals surface area contributed by atoms with Gasteiger partial charge in [0.2, 0.25) is 5.91 Å². The molecule has 1 aliphatic rings. The zero-order chi connectivity index (χ0) is 18.4. The number of likely N-dealkylation sites (tertiary alicyclic amines) is 1. The first-order valence-corrected chi connectivity index (χ1v) is 9.20. The number of carbonyl (C=O) groups is 1. The van der Waals surface area contributed by atoms with Gasteiger partial charge in [0.05, 0.1) is 13.7 Å². The lowest BCUT2D eigenvalue weighted by molar-refractivity contribution is -0.133. The maximum Gasteiger partial charge on any atom is 0.223 e. The average Bonchev–Trinajstić information content (AvgIpc) is 2.68. The third-order valence-corrected chi connectivity index (χ3v) is 4.83. The fourth-order valence-electron chi connectivity index (χ4n) is 3.10. The molecule has 26 heavy (non-hydrogen) atoms. The zero-order valence-corrected chi connectivity index (χ0v) is 15.6. The standard InChI is InChI=1S/C20H23ClN2O3/c1-25-16-7-4-15(5-8-16)6-9-20(24)23-12-2-3-17(14-23)26-19-10-11-22-13-18(19)21/h4-5,7-8,10-11,13,17H,2-3,6,9,12,14H2,1H3/t17-/m0/s1. The van der Waals surface area contributed by atoms with E-state index in [1.54, 1.807) is 25.6 Å². The molecule has 1 aromatic heterocycles. The van der Waals surface area contributed by atoms with Crippen molar-refractivity contribution < 1.29 is 14.3 Å². The lowest BCUT2D eigenvalue weighted by Gasteiger charge is -2.33. The van der Waals surface area contributed by atoms with Crippen molar-refractivity contribution in [3.8, 4) is 11.5 Å². The van der Waals surface area contributed by atoms with E-state index in [9.17, 15) is 4.79 Å². The van der Waals surface area contributed by atoms with Crippen molar-refractivity contribution in [2.24, 2.45) is 0 Å². The summed E-state index contributed by atoms with van der Waals surface area (Å²) in [5.41, 5.74) is 1.13. The summed E-state index contributed by atoms with van der Waals surface area (Å²) in [6.45, 7) is 1.38. The number of pyridine rings is 1. The van der Waals surface area contributed by atoms with E-state index in [1.165, 1.54) is 0 Å². The van der Waals surface area contributed by atoms with Crippen LogP contribution in [0.15, 0.2) is 42.7 Å². The summed E-state index contributed by atoms with van der Waals surface area (Å²) < 4.78 is 11.1. The SMILES string of the molecule is COc1ccc(CCC(=O)N2CCC[C@H](Oc3ccncc3Cl)C2)cc1. The molecule has 0 spiro atoms. The van der Waals surface area contributed by atoms with E-state index in [0.717, 1.165) is 37.1 Å². The molecule has 1 amide bonds. The van der Waals surface area contributed by atoms with E-state index in [1.807, 2.05) is 29.2 Å². The molecule has 0 aliphatic carbocycles. The van der Waals surface area contributed by atoms with Gasteiger partial charge in [-0.05, 0) is 37.0 Å². The smallest absolute Gasteiger partial charge is 0.223 e. The van der Waals surface area contributed by atoms with Gasteiger partial charge in [0, 0.05) is 31.4 Å². The Morgan fingerprint density at radius 2 is 2.12 bits per heavy atom. The van der Waals surface area contributed by atoms with Gasteiger partial charge < -0.3 is 14.4 Å². The van der Waals surface area contributed by atoms with E-state index >= 15 is 0 Å². The monoisotopic (exact) mass is 374 g/mol. The zero-order valence-electron chi connectivity index (χ0n) is 14.9. The molecule has 0 unspecified atom stereocenters. The van der Waals surface area contributed by atoms with E-state index < -0.39 is 0 Å². The van der Waals surface area contributed by atoms with Gasteiger partial charge in [-0.2, -0.15) is 0 Å². The highest BCUT2D eigenvalue weighted by Crippen LogP contribution is 2.25. The van der Waals surface area contributed by atoms with Crippen molar-refractivity contribution >= 4 is 17.5 Å². The first-order valence-electron chi connectivity index (χ1n) is 8.82. The molecule has 2 heterocycles. The van der Waals surface area contributed by atoms with Crippen molar-refractivity contribution in [2.75, 3.05) is 20.2 Å². The molecule has 138 valence electrons. The minimum Gasteiger partial charge on any atom is -0.497 e. The molecule has 5 nitrogen and oxygen atoms in total. The van der Waals surface area contributed by atoms with Gasteiger partial charge in [0.15, 0.2) is 0 Å². The van der Waals surface area contributed by atoms with Gasteiger partial charge in [-0.15, -0.1) is 0 Å². The second-order valence-electron chi connectivity index (χ2n) is 6.38. The molecule has 6 heteroatoms. The molecule has 0 bridgehead atoms. The van der Waals surface area contributed by atoms with Gasteiger partial charge in [-0.1, -0.05) is 23.7 Å². The van der Waals surface area contributed by atoms with Crippen LogP contribution in [0.3, 0.4) is 0 Å². The van der Waals surface area contributed by atoms with Crippen LogP contribution in [0.5, 0.6) is 11.5 Å². The van der Waals surface area contributed by atoms with Crippen LogP contribution < -0.4 is 9.47 Å². The highest BCUT2D eigenvalue weighted by atomic mass is 35.5. The summed E-state index contributed by atoms with van der Waals surface area (Å²) in [6.07, 6.45) is 6.26. The molecule has 1 saturated heterocycles. The lowest BCUT2D eigenvalue weighted by atomic mass is 10.1. The summed E-state index contributed by atoms with van der Waals surface area (Å²) in [5.74, 6) is 1.61. The van der Waals surface area contributed by atoms with Crippen LogP contribution in [0.1, 0.15) is 24.8 Å². The Kier molecular flexibility index (Phi) is 6.34. The topological polar surface area (TPSA) is 51.7 Å². The number of halogens is 1. The van der Waals surface area contributed by atoms with Crippen LogP contribution in [0.4, 0.5) is 0 Å². The highest BCUT2D eigenvalue weighted by molar-refractivity contribution is 6.31. The first kappa shape index (κ1) is 18.5. The summed E-state index contributed by atoms with van der Waals surface area (Å²) in [7, 11) is 1.65. The molecular weight excluding hydrogens is 352 g/mol. The fraction of sp³-hybridized carbons (Fsp3) is 0.400. The van der Waals surface area contributed by atoms with Crippen molar-refractivity contribution in [1.29, 1.82) is 0 Å². The van der Waals surface area contributed by atoms with E-state index in [2.05, 4.69) is 4.98 Å². The normalized spacial score (nSPS) is 17.0. The van der Waals surface area contributed by atoms with Gasteiger partial charge >= 0.3 is 0 Å². The fourth-order valence-corrected chi connectivity index (χ4v) is 3.26. The van der Waals surface area contributed by atoms with Crippen LogP contribution in [-0.2, 0) is 11.2 Å². The third kappa shape index (κ3) is 4.88. The number of benzene rings is 1. The molecule has 1 aliphatic heterocycles. The number of ether oxygens (including phenoxy) is 2. The van der Waals surface area contributed by atoms with Gasteiger partial charge in [0.25, 0.3) is 0 Å². The van der Waals surface area contributed by atoms with Gasteiger partial charge in [-0.25, -0.2) is 0 Å². The van der Waals surface area contributed by atoms with Gasteiger partial charge in [0.1, 0.15) is 22.6 Å². The van der Waals surface area contributed by atoms with Crippen LogP contribution in [0, 0.1) is 0 Å². The van der Waals surface area contributed by atoms with Crippen LogP contribution >= 0.6 is 11.6 Å². The summed E-state index contributed by atoms with van der Waals surface area (Å²) in [5, 5.41) is 0.496. The number of hydrogen-bond donors (Lipinski definition) is 0. The summed E-state index contributed by atoms with van der Waals surface area (Å²) in [6, 6.07) is 9.60. The second kappa shape index (κ2) is 8.90. The van der Waals surface area contributed by atoms with E-state index in [4.69, 9.17) is 21.1 Å². The number of nitrogens with zero attached hydrogens (tertiary/aromatic N) is 2. The lowest BCUT2D eigenvalue weighted by Crippen LogP contribution is -2.44. The number of methoxy groups -OCH3 is 1. The number of rotatable bonds is 6. The minimum absolute atomic E-state index is 0.0337. The molecular formula is C20H23ClN2O3. The quantitative estimate of drug-likeness (QED) is 0.772. The van der Waals surface area contributed by atoms with Crippen molar-refractivity contribution in [1.82, 2.24) is 9.88 Å². The second-order valence-corrected chi connectivity index (χ2v) is 6.78. The highest BCUT2D eigenvalue weighted by Gasteiger charge is 2.25. The molecule has 2 aromatic rings. The summed E-state index contributed by atoms with van der Waals surface area (Å²) in [4.78, 5) is 18.4. The number of hydrogen-bond acceptors (Lipinski definition) is 4. The van der Waals surface area contributed by atoms with Crippen molar-refractivity contribution in [3.05, 3.63) is 53.3 Å². The van der Waals surface area contributed by atoms with Gasteiger partial charge in [-0.3, -0.25) is 9.78 Å². The van der Waals surface area contributed by atoms with Crippen molar-refractivity contribution in [2.45, 2.75) is 31.8 Å². The number of aryl methyl sites for hydroxylation is 1. The molecule has 0 radical (unpaired) electrons. The maximum absolute atomic E-state index is 12.6. The Morgan fingerprint density at radius 3 is 2.85 bits per heavy atom. The number of aromatic nitrogens is 1. The van der Waals surface area contributed by atoms with Crippen molar-refractivity contribution in [3.63, 3.8) is 0 Å². The maximum atomic E-state index is 12.6. The number of carbonyl (C=O) groups excluding carboxylic acids is 1.